The molecule has 1 aromatic heterocycles. The molecule has 0 unspecified atom stereocenters. The third-order valence-electron chi connectivity index (χ3n) is 3.80. The summed E-state index contributed by atoms with van der Waals surface area (Å²) in [5, 5.41) is 8.40. The molecule has 18 heavy (non-hydrogen) atoms. The summed E-state index contributed by atoms with van der Waals surface area (Å²) in [6, 6.07) is 8.12. The van der Waals surface area contributed by atoms with Crippen molar-refractivity contribution in [2.45, 2.75) is 20.4 Å². The molecule has 4 nitrogen and oxygen atoms in total. The molecule has 0 saturated heterocycles. The molecule has 0 bridgehead atoms. The van der Waals surface area contributed by atoms with Crippen molar-refractivity contribution in [1.29, 1.82) is 0 Å². The number of rotatable bonds is 5. The first-order chi connectivity index (χ1) is 8.18. The van der Waals surface area contributed by atoms with Gasteiger partial charge in [-0.2, -0.15) is 0 Å². The number of hydrogen-bond donors (Lipinski definition) is 0. The molecule has 0 atom stereocenters. The van der Waals surface area contributed by atoms with E-state index in [1.165, 1.54) is 0 Å². The van der Waals surface area contributed by atoms with Crippen LogP contribution in [0, 0.1) is 0 Å². The lowest BCUT2D eigenvalue weighted by molar-refractivity contribution is -0.906. The highest BCUT2D eigenvalue weighted by Crippen LogP contribution is 2.10. The van der Waals surface area contributed by atoms with Gasteiger partial charge in [-0.15, -0.1) is 5.10 Å². The topological polar surface area (TPSA) is 30.7 Å². The monoisotopic (exact) mass is 360 g/mol. The van der Waals surface area contributed by atoms with E-state index in [1.807, 2.05) is 22.9 Å². The van der Waals surface area contributed by atoms with Crippen LogP contribution in [-0.4, -0.2) is 46.2 Å². The summed E-state index contributed by atoms with van der Waals surface area (Å²) in [6.07, 6.45) is 0. The minimum atomic E-state index is 0. The first kappa shape index (κ1) is 15.4. The third-order valence-corrected chi connectivity index (χ3v) is 3.80. The van der Waals surface area contributed by atoms with Crippen molar-refractivity contribution in [2.75, 3.05) is 26.7 Å². The van der Waals surface area contributed by atoms with Crippen LogP contribution in [0.1, 0.15) is 13.8 Å². The van der Waals surface area contributed by atoms with E-state index in [0.29, 0.717) is 0 Å². The first-order valence-electron chi connectivity index (χ1n) is 6.30. The van der Waals surface area contributed by atoms with E-state index in [1.54, 1.807) is 0 Å². The lowest BCUT2D eigenvalue weighted by atomic mass is 10.3. The fourth-order valence-corrected chi connectivity index (χ4v) is 1.96. The zero-order valence-corrected chi connectivity index (χ0v) is 13.5. The maximum absolute atomic E-state index is 4.22. The van der Waals surface area contributed by atoms with Crippen LogP contribution in [0.15, 0.2) is 24.3 Å². The van der Waals surface area contributed by atoms with Crippen molar-refractivity contribution >= 4 is 11.0 Å². The Balaban J connectivity index is 0.00000162. The summed E-state index contributed by atoms with van der Waals surface area (Å²) >= 11 is 0. The van der Waals surface area contributed by atoms with E-state index in [-0.39, 0.29) is 24.0 Å². The second-order valence-corrected chi connectivity index (χ2v) is 4.78. The lowest BCUT2D eigenvalue weighted by Crippen LogP contribution is -3.00. The number of aromatic nitrogens is 3. The van der Waals surface area contributed by atoms with E-state index in [9.17, 15) is 0 Å². The third kappa shape index (κ3) is 3.20. The summed E-state index contributed by atoms with van der Waals surface area (Å²) in [5.41, 5.74) is 2.11. The van der Waals surface area contributed by atoms with Gasteiger partial charge in [-0.3, -0.25) is 0 Å². The maximum atomic E-state index is 4.22. The molecular formula is C13H21IN4. The molecule has 0 N–H and O–H groups in total. The van der Waals surface area contributed by atoms with Crippen LogP contribution in [0.2, 0.25) is 0 Å². The highest BCUT2D eigenvalue weighted by Gasteiger charge is 2.16. The average molecular weight is 360 g/mol. The summed E-state index contributed by atoms with van der Waals surface area (Å²) < 4.78 is 3.09. The molecule has 1 heterocycles. The summed E-state index contributed by atoms with van der Waals surface area (Å²) in [5.74, 6) is 0. The van der Waals surface area contributed by atoms with E-state index >= 15 is 0 Å². The van der Waals surface area contributed by atoms with Crippen LogP contribution in [0.4, 0.5) is 0 Å². The van der Waals surface area contributed by atoms with Gasteiger partial charge in [0.15, 0.2) is 0 Å². The number of fused-ring (bicyclic) bond motifs is 1. The Morgan fingerprint density at radius 3 is 2.50 bits per heavy atom. The van der Waals surface area contributed by atoms with Crippen LogP contribution in [0.5, 0.6) is 0 Å². The predicted molar refractivity (Wildman–Crippen MR) is 69.7 cm³/mol. The largest absolute Gasteiger partial charge is 1.00 e. The van der Waals surface area contributed by atoms with Gasteiger partial charge in [-0.05, 0) is 26.0 Å². The molecule has 0 amide bonds. The highest BCUT2D eigenvalue weighted by molar-refractivity contribution is 5.73. The number of quaternary nitrogens is 1. The van der Waals surface area contributed by atoms with Gasteiger partial charge < -0.3 is 28.5 Å². The second-order valence-electron chi connectivity index (χ2n) is 4.78. The Morgan fingerprint density at radius 2 is 1.83 bits per heavy atom. The Hall–Kier alpha value is -0.690. The number of nitrogens with zero attached hydrogens (tertiary/aromatic N) is 4. The first-order valence-corrected chi connectivity index (χ1v) is 6.30. The fraction of sp³-hybridized carbons (Fsp3) is 0.538. The Labute approximate surface area is 126 Å². The quantitative estimate of drug-likeness (QED) is 0.502. The normalized spacial score (nSPS) is 11.5. The molecule has 2 rings (SSSR count). The van der Waals surface area contributed by atoms with Gasteiger partial charge in [0.25, 0.3) is 0 Å². The number of para-hydroxylation sites is 1. The molecule has 0 saturated carbocycles. The summed E-state index contributed by atoms with van der Waals surface area (Å²) in [7, 11) is 2.29. The van der Waals surface area contributed by atoms with Crippen molar-refractivity contribution in [1.82, 2.24) is 15.0 Å². The van der Waals surface area contributed by atoms with E-state index < -0.39 is 0 Å². The molecule has 0 aliphatic heterocycles. The van der Waals surface area contributed by atoms with E-state index in [4.69, 9.17) is 0 Å². The van der Waals surface area contributed by atoms with Crippen LogP contribution < -0.4 is 24.0 Å². The summed E-state index contributed by atoms with van der Waals surface area (Å²) in [6.45, 7) is 8.82. The molecule has 5 heteroatoms. The van der Waals surface area contributed by atoms with Crippen molar-refractivity contribution < 1.29 is 28.5 Å². The van der Waals surface area contributed by atoms with Gasteiger partial charge in [0.05, 0.1) is 38.7 Å². The molecule has 100 valence electrons. The Kier molecular flexibility index (Phi) is 5.52. The van der Waals surface area contributed by atoms with Crippen LogP contribution >= 0.6 is 0 Å². The van der Waals surface area contributed by atoms with Crippen molar-refractivity contribution in [3.63, 3.8) is 0 Å². The molecule has 1 aromatic carbocycles. The second kappa shape index (κ2) is 6.47. The van der Waals surface area contributed by atoms with Crippen LogP contribution in [0.25, 0.3) is 11.0 Å². The minimum absolute atomic E-state index is 0. The minimum Gasteiger partial charge on any atom is -1.00 e. The smallest absolute Gasteiger partial charge is 0.113 e. The molecule has 0 aliphatic rings. The lowest BCUT2D eigenvalue weighted by Gasteiger charge is -2.31. The van der Waals surface area contributed by atoms with Crippen molar-refractivity contribution in [3.05, 3.63) is 24.3 Å². The molecule has 0 aliphatic carbocycles. The van der Waals surface area contributed by atoms with Gasteiger partial charge >= 0.3 is 0 Å². The number of benzene rings is 1. The number of hydrogen-bond acceptors (Lipinski definition) is 2. The Bertz CT molecular complexity index is 490. The molecular weight excluding hydrogens is 339 g/mol. The molecule has 2 aromatic rings. The van der Waals surface area contributed by atoms with E-state index in [0.717, 1.165) is 41.7 Å². The predicted octanol–water partition coefficient (Wildman–Crippen LogP) is -1.08. The van der Waals surface area contributed by atoms with Gasteiger partial charge in [-0.1, -0.05) is 17.3 Å². The van der Waals surface area contributed by atoms with Gasteiger partial charge in [0.2, 0.25) is 0 Å². The maximum Gasteiger partial charge on any atom is 0.113 e. The van der Waals surface area contributed by atoms with Crippen molar-refractivity contribution in [2.24, 2.45) is 0 Å². The summed E-state index contributed by atoms with van der Waals surface area (Å²) in [4.78, 5) is 0. The van der Waals surface area contributed by atoms with Crippen LogP contribution in [0.3, 0.4) is 0 Å². The highest BCUT2D eigenvalue weighted by atomic mass is 127. The van der Waals surface area contributed by atoms with Crippen LogP contribution in [-0.2, 0) is 6.54 Å². The van der Waals surface area contributed by atoms with Gasteiger partial charge in [-0.25, -0.2) is 4.68 Å². The average Bonchev–Trinajstić information content (AvgIpc) is 2.79. The Morgan fingerprint density at radius 1 is 1.17 bits per heavy atom. The van der Waals surface area contributed by atoms with Crippen molar-refractivity contribution in [3.8, 4) is 0 Å². The molecule has 0 radical (unpaired) electrons. The van der Waals surface area contributed by atoms with E-state index in [2.05, 4.69) is 37.3 Å². The fourth-order valence-electron chi connectivity index (χ4n) is 1.96. The standard InChI is InChI=1S/C13H21N4.HI/c1-4-17(3,5-2)11-10-16-13-9-7-6-8-12(13)14-15-16;/h6-9H,4-5,10-11H2,1-3H3;1H/q+1;/p-1. The SMILES string of the molecule is CC[N+](C)(CC)CCn1nnc2ccccc21.[I-]. The number of likely N-dealkylation sites (N-methyl/N-ethyl adjacent to an activating group) is 1. The molecule has 0 spiro atoms. The molecule has 0 fully saturated rings. The van der Waals surface area contributed by atoms with Gasteiger partial charge in [0, 0.05) is 0 Å². The zero-order valence-electron chi connectivity index (χ0n) is 11.3. The number of halogens is 1. The van der Waals surface area contributed by atoms with Gasteiger partial charge in [0.1, 0.15) is 5.52 Å². The zero-order chi connectivity index (χ0) is 12.3.